The van der Waals surface area contributed by atoms with Gasteiger partial charge in [-0.3, -0.25) is 4.68 Å². The molecule has 0 unspecified atom stereocenters. The van der Waals surface area contributed by atoms with Crippen molar-refractivity contribution >= 4 is 5.97 Å². The van der Waals surface area contributed by atoms with Crippen LogP contribution in [0.25, 0.3) is 0 Å². The fourth-order valence-electron chi connectivity index (χ4n) is 1.25. The summed E-state index contributed by atoms with van der Waals surface area (Å²) in [6.07, 6.45) is 1.46. The van der Waals surface area contributed by atoms with Crippen LogP contribution >= 0.6 is 0 Å². The number of carbonyl (C=O) groups excluding carboxylic acids is 1. The summed E-state index contributed by atoms with van der Waals surface area (Å²) in [5.74, 6) is -0.402. The molecule has 0 radical (unpaired) electrons. The van der Waals surface area contributed by atoms with Crippen LogP contribution in [0.15, 0.2) is 6.20 Å². The molecule has 1 aromatic rings. The van der Waals surface area contributed by atoms with Crippen molar-refractivity contribution in [2.75, 3.05) is 7.11 Å². The first-order valence-corrected chi connectivity index (χ1v) is 3.93. The molecule has 2 N–H and O–H groups in total. The summed E-state index contributed by atoms with van der Waals surface area (Å²) >= 11 is 0. The van der Waals surface area contributed by atoms with Crippen LogP contribution < -0.4 is 5.73 Å². The molecule has 0 aliphatic rings. The van der Waals surface area contributed by atoms with E-state index in [0.29, 0.717) is 11.3 Å². The largest absolute Gasteiger partial charge is 0.465 e. The summed E-state index contributed by atoms with van der Waals surface area (Å²) in [7, 11) is 3.07. The van der Waals surface area contributed by atoms with Gasteiger partial charge in [0.15, 0.2) is 0 Å². The highest BCUT2D eigenvalue weighted by molar-refractivity contribution is 5.90. The predicted octanol–water partition coefficient (Wildman–Crippen LogP) is 0.226. The van der Waals surface area contributed by atoms with Crippen LogP contribution in [0.5, 0.6) is 0 Å². The molecule has 0 spiro atoms. The van der Waals surface area contributed by atoms with E-state index in [0.717, 1.165) is 0 Å². The van der Waals surface area contributed by atoms with Gasteiger partial charge >= 0.3 is 5.97 Å². The van der Waals surface area contributed by atoms with E-state index in [1.807, 2.05) is 0 Å². The van der Waals surface area contributed by atoms with Crippen LogP contribution in [0.1, 0.15) is 29.0 Å². The zero-order valence-electron chi connectivity index (χ0n) is 7.94. The number of nitrogens with zero attached hydrogens (tertiary/aromatic N) is 2. The minimum Gasteiger partial charge on any atom is -0.465 e. The molecular formula is C8H13N3O2. The molecule has 0 amide bonds. The number of aryl methyl sites for hydroxylation is 1. The fourth-order valence-corrected chi connectivity index (χ4v) is 1.25. The minimum atomic E-state index is -0.402. The topological polar surface area (TPSA) is 70.1 Å². The quantitative estimate of drug-likeness (QED) is 0.666. The molecule has 1 atom stereocenters. The maximum absolute atomic E-state index is 11.2. The van der Waals surface area contributed by atoms with Crippen LogP contribution in [0, 0.1) is 0 Å². The maximum Gasteiger partial charge on any atom is 0.341 e. The molecule has 5 heteroatoms. The lowest BCUT2D eigenvalue weighted by Gasteiger charge is -2.07. The van der Waals surface area contributed by atoms with Crippen LogP contribution in [0.3, 0.4) is 0 Å². The van der Waals surface area contributed by atoms with Gasteiger partial charge in [0.25, 0.3) is 0 Å². The summed E-state index contributed by atoms with van der Waals surface area (Å²) in [4.78, 5) is 11.2. The number of aromatic nitrogens is 2. The number of carbonyl (C=O) groups is 1. The number of ether oxygens (including phenoxy) is 1. The Kier molecular flexibility index (Phi) is 2.67. The van der Waals surface area contributed by atoms with E-state index in [1.54, 1.807) is 18.7 Å². The minimum absolute atomic E-state index is 0.235. The number of nitrogens with two attached hydrogens (primary N) is 1. The van der Waals surface area contributed by atoms with Gasteiger partial charge in [-0.1, -0.05) is 0 Å². The first-order chi connectivity index (χ1) is 6.07. The monoisotopic (exact) mass is 183 g/mol. The second-order valence-corrected chi connectivity index (χ2v) is 2.85. The van der Waals surface area contributed by atoms with Crippen molar-refractivity contribution in [3.8, 4) is 0 Å². The van der Waals surface area contributed by atoms with Crippen molar-refractivity contribution in [1.29, 1.82) is 0 Å². The third-order valence-corrected chi connectivity index (χ3v) is 1.82. The highest BCUT2D eigenvalue weighted by atomic mass is 16.5. The lowest BCUT2D eigenvalue weighted by atomic mass is 10.1. The molecule has 5 nitrogen and oxygen atoms in total. The summed E-state index contributed by atoms with van der Waals surface area (Å²) < 4.78 is 6.17. The highest BCUT2D eigenvalue weighted by Crippen LogP contribution is 2.15. The normalized spacial score (nSPS) is 12.6. The molecule has 13 heavy (non-hydrogen) atoms. The summed E-state index contributed by atoms with van der Waals surface area (Å²) in [6, 6.07) is -0.235. The Balaban J connectivity index is 3.15. The number of hydrogen-bond donors (Lipinski definition) is 1. The highest BCUT2D eigenvalue weighted by Gasteiger charge is 2.18. The van der Waals surface area contributed by atoms with E-state index >= 15 is 0 Å². The van der Waals surface area contributed by atoms with Crippen LogP contribution in [0.2, 0.25) is 0 Å². The standard InChI is InChI=1S/C8H13N3O2/c1-5(9)7-6(8(12)13-3)4-10-11(7)2/h4-5H,9H2,1-3H3/t5-/m1/s1. The third-order valence-electron chi connectivity index (χ3n) is 1.82. The number of rotatable bonds is 2. The van der Waals surface area contributed by atoms with E-state index in [-0.39, 0.29) is 6.04 Å². The zero-order chi connectivity index (χ0) is 10.0. The second-order valence-electron chi connectivity index (χ2n) is 2.85. The van der Waals surface area contributed by atoms with E-state index in [1.165, 1.54) is 13.3 Å². The Labute approximate surface area is 76.5 Å². The van der Waals surface area contributed by atoms with Crippen molar-refractivity contribution < 1.29 is 9.53 Å². The maximum atomic E-state index is 11.2. The van der Waals surface area contributed by atoms with Crippen LogP contribution in [-0.2, 0) is 11.8 Å². The van der Waals surface area contributed by atoms with Gasteiger partial charge < -0.3 is 10.5 Å². The van der Waals surface area contributed by atoms with Crippen molar-refractivity contribution in [3.05, 3.63) is 17.5 Å². The van der Waals surface area contributed by atoms with Crippen molar-refractivity contribution in [2.45, 2.75) is 13.0 Å². The van der Waals surface area contributed by atoms with Crippen molar-refractivity contribution in [1.82, 2.24) is 9.78 Å². The molecule has 0 fully saturated rings. The Bertz CT molecular complexity index is 317. The molecule has 1 heterocycles. The van der Waals surface area contributed by atoms with Gasteiger partial charge in [0.1, 0.15) is 5.56 Å². The Morgan fingerprint density at radius 3 is 2.85 bits per heavy atom. The van der Waals surface area contributed by atoms with Gasteiger partial charge in [0.2, 0.25) is 0 Å². The first-order valence-electron chi connectivity index (χ1n) is 3.93. The molecule has 0 aliphatic heterocycles. The number of esters is 1. The molecule has 0 aromatic carbocycles. The third kappa shape index (κ3) is 1.70. The number of methoxy groups -OCH3 is 1. The summed E-state index contributed by atoms with van der Waals surface area (Å²) in [6.45, 7) is 1.80. The molecule has 0 saturated carbocycles. The van der Waals surface area contributed by atoms with Crippen LogP contribution in [-0.4, -0.2) is 22.9 Å². The molecule has 0 bridgehead atoms. The van der Waals surface area contributed by atoms with E-state index < -0.39 is 5.97 Å². The lowest BCUT2D eigenvalue weighted by molar-refractivity contribution is 0.0598. The first kappa shape index (κ1) is 9.73. The molecule has 0 aliphatic carbocycles. The summed E-state index contributed by atoms with van der Waals surface area (Å²) in [5, 5.41) is 3.94. The predicted molar refractivity (Wildman–Crippen MR) is 47.1 cm³/mol. The Hall–Kier alpha value is -1.36. The number of hydrogen-bond acceptors (Lipinski definition) is 4. The average Bonchev–Trinajstić information content (AvgIpc) is 2.45. The molecular weight excluding hydrogens is 170 g/mol. The summed E-state index contributed by atoms with van der Waals surface area (Å²) in [5.41, 5.74) is 6.80. The van der Waals surface area contributed by atoms with Gasteiger partial charge in [-0.05, 0) is 6.92 Å². The average molecular weight is 183 g/mol. The molecule has 1 aromatic heterocycles. The molecule has 72 valence electrons. The Morgan fingerprint density at radius 1 is 1.77 bits per heavy atom. The van der Waals surface area contributed by atoms with Crippen molar-refractivity contribution in [2.24, 2.45) is 12.8 Å². The van der Waals surface area contributed by atoms with Crippen molar-refractivity contribution in [3.63, 3.8) is 0 Å². The Morgan fingerprint density at radius 2 is 2.38 bits per heavy atom. The van der Waals surface area contributed by atoms with E-state index in [4.69, 9.17) is 5.73 Å². The second kappa shape index (κ2) is 3.57. The van der Waals surface area contributed by atoms with Gasteiger partial charge in [0.05, 0.1) is 19.0 Å². The zero-order valence-corrected chi connectivity index (χ0v) is 7.94. The van der Waals surface area contributed by atoms with Crippen LogP contribution in [0.4, 0.5) is 0 Å². The van der Waals surface area contributed by atoms with Gasteiger partial charge in [-0.15, -0.1) is 0 Å². The smallest absolute Gasteiger partial charge is 0.341 e. The SMILES string of the molecule is COC(=O)c1cnn(C)c1[C@@H](C)N. The van der Waals surface area contributed by atoms with E-state index in [2.05, 4.69) is 9.84 Å². The fraction of sp³-hybridized carbons (Fsp3) is 0.500. The lowest BCUT2D eigenvalue weighted by Crippen LogP contribution is -2.15. The van der Waals surface area contributed by atoms with Gasteiger partial charge in [-0.25, -0.2) is 4.79 Å². The molecule has 0 saturated heterocycles. The molecule has 1 rings (SSSR count). The van der Waals surface area contributed by atoms with E-state index in [9.17, 15) is 4.79 Å². The van der Waals surface area contributed by atoms with Gasteiger partial charge in [-0.2, -0.15) is 5.10 Å². The van der Waals surface area contributed by atoms with Gasteiger partial charge in [0, 0.05) is 13.1 Å².